The quantitative estimate of drug-likeness (QED) is 0.637. The van der Waals surface area contributed by atoms with Crippen molar-refractivity contribution in [3.63, 3.8) is 0 Å². The van der Waals surface area contributed by atoms with Crippen LogP contribution in [0.25, 0.3) is 0 Å². The molecular weight excluding hydrogens is 223 g/mol. The standard InChI is InChI=1S/C10H19N.Y/c1-9(2)11-7-5-10(3,4)6-8-11;/h9H,3-8H2,1-2H3;/q-2;. The van der Waals surface area contributed by atoms with E-state index in [-0.39, 0.29) is 38.1 Å². The van der Waals surface area contributed by atoms with Gasteiger partial charge in [0.2, 0.25) is 0 Å². The monoisotopic (exact) mass is 242 g/mol. The van der Waals surface area contributed by atoms with Crippen LogP contribution in [0.2, 0.25) is 0 Å². The van der Waals surface area contributed by atoms with Gasteiger partial charge in [0.15, 0.2) is 0 Å². The Labute approximate surface area is 102 Å². The van der Waals surface area contributed by atoms with Gasteiger partial charge in [-0.25, -0.2) is 0 Å². The predicted molar refractivity (Wildman–Crippen MR) is 49.1 cm³/mol. The molecule has 2 heteroatoms. The first-order valence-electron chi connectivity index (χ1n) is 4.46. The van der Waals surface area contributed by atoms with Gasteiger partial charge in [-0.05, 0) is 26.9 Å². The molecule has 0 N–H and O–H groups in total. The van der Waals surface area contributed by atoms with E-state index in [1.165, 1.54) is 13.1 Å². The van der Waals surface area contributed by atoms with Crippen LogP contribution in [0.3, 0.4) is 0 Å². The van der Waals surface area contributed by atoms with E-state index in [2.05, 4.69) is 32.6 Å². The molecule has 12 heavy (non-hydrogen) atoms. The van der Waals surface area contributed by atoms with Gasteiger partial charge in [0, 0.05) is 38.8 Å². The van der Waals surface area contributed by atoms with E-state index >= 15 is 0 Å². The fourth-order valence-electron chi connectivity index (χ4n) is 1.51. The zero-order chi connectivity index (χ0) is 8.48. The van der Waals surface area contributed by atoms with E-state index in [0.717, 1.165) is 12.8 Å². The fourth-order valence-corrected chi connectivity index (χ4v) is 1.51. The third-order valence-corrected chi connectivity index (χ3v) is 2.59. The summed E-state index contributed by atoms with van der Waals surface area (Å²) in [7, 11) is 0. The Balaban J connectivity index is 0.00000121. The SMILES string of the molecule is [CH2-]C1([CH2-])CCN(C(C)C)CC1.[Y]. The summed E-state index contributed by atoms with van der Waals surface area (Å²) >= 11 is 0. The second kappa shape index (κ2) is 5.07. The van der Waals surface area contributed by atoms with Crippen molar-refractivity contribution in [2.24, 2.45) is 5.41 Å². The van der Waals surface area contributed by atoms with E-state index < -0.39 is 0 Å². The molecule has 0 aromatic heterocycles. The number of hydrogen-bond donors (Lipinski definition) is 0. The van der Waals surface area contributed by atoms with Gasteiger partial charge in [0.1, 0.15) is 0 Å². The Morgan fingerprint density at radius 3 is 1.92 bits per heavy atom. The Morgan fingerprint density at radius 1 is 1.17 bits per heavy atom. The third-order valence-electron chi connectivity index (χ3n) is 2.59. The van der Waals surface area contributed by atoms with Gasteiger partial charge in [0.05, 0.1) is 0 Å². The fraction of sp³-hybridized carbons (Fsp3) is 0.800. The maximum absolute atomic E-state index is 4.09. The van der Waals surface area contributed by atoms with Crippen LogP contribution in [0, 0.1) is 19.3 Å². The smallest absolute Gasteiger partial charge is 0.00385 e. The zero-order valence-corrected chi connectivity index (χ0v) is 11.2. The zero-order valence-electron chi connectivity index (χ0n) is 8.34. The van der Waals surface area contributed by atoms with Crippen LogP contribution in [-0.2, 0) is 32.7 Å². The molecule has 69 valence electrons. The molecule has 1 rings (SSSR count). The first kappa shape index (κ1) is 13.1. The summed E-state index contributed by atoms with van der Waals surface area (Å²) in [5.74, 6) is 0. The topological polar surface area (TPSA) is 3.24 Å². The van der Waals surface area contributed by atoms with E-state index in [1.54, 1.807) is 0 Å². The van der Waals surface area contributed by atoms with Gasteiger partial charge >= 0.3 is 0 Å². The minimum atomic E-state index is 0. The van der Waals surface area contributed by atoms with E-state index in [0.29, 0.717) is 6.04 Å². The van der Waals surface area contributed by atoms with Crippen molar-refractivity contribution in [1.82, 2.24) is 4.90 Å². The van der Waals surface area contributed by atoms with Gasteiger partial charge in [-0.15, -0.1) is 0 Å². The van der Waals surface area contributed by atoms with E-state index in [4.69, 9.17) is 0 Å². The molecule has 1 nitrogen and oxygen atoms in total. The Hall–Kier alpha value is 1.06. The van der Waals surface area contributed by atoms with Crippen molar-refractivity contribution in [2.45, 2.75) is 32.7 Å². The molecule has 1 fully saturated rings. The average Bonchev–Trinajstić information content (AvgIpc) is 1.86. The van der Waals surface area contributed by atoms with Crippen molar-refractivity contribution in [2.75, 3.05) is 13.1 Å². The summed E-state index contributed by atoms with van der Waals surface area (Å²) in [5.41, 5.74) is 0.103. The molecule has 0 bridgehead atoms. The average molecular weight is 242 g/mol. The van der Waals surface area contributed by atoms with Crippen molar-refractivity contribution in [1.29, 1.82) is 0 Å². The molecule has 0 aliphatic carbocycles. The Kier molecular flexibility index (Phi) is 5.52. The van der Waals surface area contributed by atoms with Crippen molar-refractivity contribution in [3.8, 4) is 0 Å². The van der Waals surface area contributed by atoms with E-state index in [9.17, 15) is 0 Å². The molecule has 0 aromatic carbocycles. The first-order valence-corrected chi connectivity index (χ1v) is 4.46. The van der Waals surface area contributed by atoms with Gasteiger partial charge in [-0.1, -0.05) is 12.8 Å². The largest absolute Gasteiger partial charge is 0.367 e. The second-order valence-corrected chi connectivity index (χ2v) is 4.13. The van der Waals surface area contributed by atoms with Crippen molar-refractivity contribution >= 4 is 0 Å². The van der Waals surface area contributed by atoms with Crippen LogP contribution in [-0.4, -0.2) is 24.0 Å². The molecule has 0 amide bonds. The first-order chi connectivity index (χ1) is 5.01. The van der Waals surface area contributed by atoms with Crippen molar-refractivity contribution < 1.29 is 32.7 Å². The minimum absolute atomic E-state index is 0. The molecule has 0 aromatic rings. The van der Waals surface area contributed by atoms with E-state index in [1.807, 2.05) is 0 Å². The molecular formula is C10H19NY-2. The molecule has 0 saturated carbocycles. The van der Waals surface area contributed by atoms with Crippen LogP contribution < -0.4 is 0 Å². The maximum atomic E-state index is 4.09. The van der Waals surface area contributed by atoms with Gasteiger partial charge in [-0.3, -0.25) is 5.41 Å². The van der Waals surface area contributed by atoms with Gasteiger partial charge in [-0.2, -0.15) is 0 Å². The molecule has 1 heterocycles. The summed E-state index contributed by atoms with van der Waals surface area (Å²) in [5, 5.41) is 0. The Bertz CT molecular complexity index is 122. The summed E-state index contributed by atoms with van der Waals surface area (Å²) in [6, 6.07) is 0.686. The summed E-state index contributed by atoms with van der Waals surface area (Å²) in [6.07, 6.45) is 2.29. The van der Waals surface area contributed by atoms with Crippen LogP contribution >= 0.6 is 0 Å². The van der Waals surface area contributed by atoms with Crippen LogP contribution in [0.5, 0.6) is 0 Å². The Morgan fingerprint density at radius 2 is 1.58 bits per heavy atom. The number of likely N-dealkylation sites (tertiary alicyclic amines) is 1. The van der Waals surface area contributed by atoms with Crippen LogP contribution in [0.4, 0.5) is 0 Å². The van der Waals surface area contributed by atoms with Gasteiger partial charge in [0.25, 0.3) is 0 Å². The predicted octanol–water partition coefficient (Wildman–Crippen LogP) is 2.14. The molecule has 0 spiro atoms. The number of rotatable bonds is 1. The number of piperidine rings is 1. The molecule has 1 aliphatic heterocycles. The second-order valence-electron chi connectivity index (χ2n) is 4.13. The third kappa shape index (κ3) is 3.85. The molecule has 1 radical (unpaired) electrons. The minimum Gasteiger partial charge on any atom is -0.367 e. The molecule has 0 atom stereocenters. The molecule has 0 unspecified atom stereocenters. The van der Waals surface area contributed by atoms with Crippen molar-refractivity contribution in [3.05, 3.63) is 13.8 Å². The normalized spacial score (nSPS) is 23.8. The number of nitrogens with zero attached hydrogens (tertiary/aromatic N) is 1. The van der Waals surface area contributed by atoms with Gasteiger partial charge < -0.3 is 18.7 Å². The summed E-state index contributed by atoms with van der Waals surface area (Å²) in [6.45, 7) is 15.0. The summed E-state index contributed by atoms with van der Waals surface area (Å²) < 4.78 is 0. The molecule has 1 aliphatic rings. The van der Waals surface area contributed by atoms with Crippen LogP contribution in [0.15, 0.2) is 0 Å². The molecule has 1 saturated heterocycles. The number of hydrogen-bond acceptors (Lipinski definition) is 1. The van der Waals surface area contributed by atoms with Crippen LogP contribution in [0.1, 0.15) is 26.7 Å². The summed E-state index contributed by atoms with van der Waals surface area (Å²) in [4.78, 5) is 2.49. The maximum Gasteiger partial charge on any atom is 0.00385 e.